The van der Waals surface area contributed by atoms with Crippen LogP contribution in [0.4, 0.5) is 5.69 Å². The van der Waals surface area contributed by atoms with E-state index in [2.05, 4.69) is 27.3 Å². The quantitative estimate of drug-likeness (QED) is 0.815. The fourth-order valence-electron chi connectivity index (χ4n) is 1.81. The van der Waals surface area contributed by atoms with Gasteiger partial charge in [0, 0.05) is 15.7 Å². The number of anilines is 1. The lowest BCUT2D eigenvalue weighted by atomic mass is 10.1. The van der Waals surface area contributed by atoms with Gasteiger partial charge in [0.15, 0.2) is 0 Å². The maximum atomic E-state index is 9.24. The Morgan fingerprint density at radius 2 is 1.95 bits per heavy atom. The lowest BCUT2D eigenvalue weighted by Gasteiger charge is -2.07. The van der Waals surface area contributed by atoms with E-state index in [1.165, 1.54) is 0 Å². The molecule has 21 heavy (non-hydrogen) atoms. The SMILES string of the molecule is COc1ccc(NC/C(C#N)=C/c2ccccc2Br)cc1. The zero-order valence-electron chi connectivity index (χ0n) is 11.6. The van der Waals surface area contributed by atoms with Crippen molar-refractivity contribution in [3.05, 3.63) is 64.1 Å². The van der Waals surface area contributed by atoms with Crippen molar-refractivity contribution in [2.24, 2.45) is 0 Å². The Bertz CT molecular complexity index is 672. The van der Waals surface area contributed by atoms with Gasteiger partial charge in [-0.25, -0.2) is 0 Å². The van der Waals surface area contributed by atoms with Crippen LogP contribution in [0.5, 0.6) is 5.75 Å². The first-order chi connectivity index (χ1) is 10.2. The second-order valence-electron chi connectivity index (χ2n) is 4.38. The zero-order chi connectivity index (χ0) is 15.1. The van der Waals surface area contributed by atoms with Gasteiger partial charge in [-0.1, -0.05) is 34.1 Å². The number of nitrogens with one attached hydrogen (secondary N) is 1. The number of ether oxygens (including phenoxy) is 1. The molecular formula is C17H15BrN2O. The van der Waals surface area contributed by atoms with Crippen molar-refractivity contribution >= 4 is 27.7 Å². The van der Waals surface area contributed by atoms with Crippen LogP contribution < -0.4 is 10.1 Å². The molecular weight excluding hydrogens is 328 g/mol. The molecule has 0 unspecified atom stereocenters. The second-order valence-corrected chi connectivity index (χ2v) is 5.24. The average Bonchev–Trinajstić information content (AvgIpc) is 2.53. The van der Waals surface area contributed by atoms with E-state index in [4.69, 9.17) is 4.74 Å². The van der Waals surface area contributed by atoms with Gasteiger partial charge in [-0.3, -0.25) is 0 Å². The molecule has 0 aliphatic rings. The van der Waals surface area contributed by atoms with Gasteiger partial charge in [-0.05, 0) is 42.0 Å². The number of hydrogen-bond acceptors (Lipinski definition) is 3. The highest BCUT2D eigenvalue weighted by Crippen LogP contribution is 2.19. The van der Waals surface area contributed by atoms with Crippen molar-refractivity contribution in [2.45, 2.75) is 0 Å². The summed E-state index contributed by atoms with van der Waals surface area (Å²) < 4.78 is 6.09. The van der Waals surface area contributed by atoms with Crippen molar-refractivity contribution in [1.82, 2.24) is 0 Å². The molecule has 2 aromatic rings. The Labute approximate surface area is 133 Å². The minimum Gasteiger partial charge on any atom is -0.497 e. The molecule has 0 saturated carbocycles. The van der Waals surface area contributed by atoms with Gasteiger partial charge in [0.05, 0.1) is 19.7 Å². The standard InChI is InChI=1S/C17H15BrN2O/c1-21-16-8-6-15(7-9-16)20-12-13(11-19)10-14-4-2-3-5-17(14)18/h2-10,20H,12H2,1H3/b13-10+. The Hall–Kier alpha value is -2.25. The van der Waals surface area contributed by atoms with Gasteiger partial charge in [0.25, 0.3) is 0 Å². The number of benzene rings is 2. The first kappa shape index (κ1) is 15.1. The normalized spacial score (nSPS) is 10.8. The summed E-state index contributed by atoms with van der Waals surface area (Å²) in [4.78, 5) is 0. The van der Waals surface area contributed by atoms with Crippen LogP contribution in [-0.2, 0) is 0 Å². The van der Waals surface area contributed by atoms with Crippen LogP contribution in [0.25, 0.3) is 6.08 Å². The van der Waals surface area contributed by atoms with E-state index in [1.807, 2.05) is 54.6 Å². The molecule has 0 fully saturated rings. The number of nitriles is 1. The van der Waals surface area contributed by atoms with E-state index < -0.39 is 0 Å². The van der Waals surface area contributed by atoms with Gasteiger partial charge in [0.2, 0.25) is 0 Å². The first-order valence-electron chi connectivity index (χ1n) is 6.46. The fraction of sp³-hybridized carbons (Fsp3) is 0.118. The highest BCUT2D eigenvalue weighted by molar-refractivity contribution is 9.10. The van der Waals surface area contributed by atoms with Crippen LogP contribution in [0.15, 0.2) is 58.6 Å². The van der Waals surface area contributed by atoms with E-state index in [1.54, 1.807) is 7.11 Å². The van der Waals surface area contributed by atoms with Crippen LogP contribution in [0, 0.1) is 11.3 Å². The van der Waals surface area contributed by atoms with Crippen LogP contribution in [0.1, 0.15) is 5.56 Å². The molecule has 0 bridgehead atoms. The molecule has 0 heterocycles. The van der Waals surface area contributed by atoms with Crippen molar-refractivity contribution < 1.29 is 4.74 Å². The third-order valence-electron chi connectivity index (χ3n) is 2.95. The number of hydrogen-bond donors (Lipinski definition) is 1. The van der Waals surface area contributed by atoms with Crippen molar-refractivity contribution in [1.29, 1.82) is 5.26 Å². The lowest BCUT2D eigenvalue weighted by molar-refractivity contribution is 0.415. The molecule has 4 heteroatoms. The molecule has 0 amide bonds. The number of methoxy groups -OCH3 is 1. The number of rotatable bonds is 5. The molecule has 0 atom stereocenters. The maximum Gasteiger partial charge on any atom is 0.119 e. The van der Waals surface area contributed by atoms with Gasteiger partial charge < -0.3 is 10.1 Å². The molecule has 0 aliphatic heterocycles. The fourth-order valence-corrected chi connectivity index (χ4v) is 2.21. The minimum absolute atomic E-state index is 0.476. The predicted molar refractivity (Wildman–Crippen MR) is 89.2 cm³/mol. The van der Waals surface area contributed by atoms with E-state index in [0.717, 1.165) is 21.5 Å². The van der Waals surface area contributed by atoms with Crippen LogP contribution in [0.3, 0.4) is 0 Å². The Balaban J connectivity index is 2.06. The van der Waals surface area contributed by atoms with E-state index in [-0.39, 0.29) is 0 Å². The maximum absolute atomic E-state index is 9.24. The van der Waals surface area contributed by atoms with Crippen LogP contribution in [0.2, 0.25) is 0 Å². The molecule has 1 N–H and O–H groups in total. The van der Waals surface area contributed by atoms with Crippen LogP contribution in [-0.4, -0.2) is 13.7 Å². The highest BCUT2D eigenvalue weighted by atomic mass is 79.9. The van der Waals surface area contributed by atoms with Crippen molar-refractivity contribution in [3.8, 4) is 11.8 Å². The summed E-state index contributed by atoms with van der Waals surface area (Å²) in [6.45, 7) is 0.476. The summed E-state index contributed by atoms with van der Waals surface area (Å²) in [6.07, 6.45) is 1.88. The summed E-state index contributed by atoms with van der Waals surface area (Å²) in [5.41, 5.74) is 2.60. The van der Waals surface area contributed by atoms with Crippen molar-refractivity contribution in [3.63, 3.8) is 0 Å². The molecule has 0 aliphatic carbocycles. The molecule has 106 valence electrons. The molecule has 2 aromatic carbocycles. The summed E-state index contributed by atoms with van der Waals surface area (Å²) in [7, 11) is 1.64. The first-order valence-corrected chi connectivity index (χ1v) is 7.25. The average molecular weight is 343 g/mol. The second kappa shape index (κ2) is 7.51. The molecule has 0 aromatic heterocycles. The Morgan fingerprint density at radius 1 is 1.24 bits per heavy atom. The summed E-state index contributed by atoms with van der Waals surface area (Å²) in [6, 6.07) is 17.6. The largest absolute Gasteiger partial charge is 0.497 e. The number of nitrogens with zero attached hydrogens (tertiary/aromatic N) is 1. The summed E-state index contributed by atoms with van der Waals surface area (Å²) in [5.74, 6) is 0.810. The van der Waals surface area contributed by atoms with Gasteiger partial charge >= 0.3 is 0 Å². The molecule has 0 radical (unpaired) electrons. The monoisotopic (exact) mass is 342 g/mol. The van der Waals surface area contributed by atoms with E-state index in [9.17, 15) is 5.26 Å². The van der Waals surface area contributed by atoms with E-state index >= 15 is 0 Å². The predicted octanol–water partition coefficient (Wildman–Crippen LogP) is 4.48. The molecule has 0 spiro atoms. The van der Waals surface area contributed by atoms with Gasteiger partial charge in [0.1, 0.15) is 5.75 Å². The minimum atomic E-state index is 0.476. The third-order valence-corrected chi connectivity index (χ3v) is 3.67. The third kappa shape index (κ3) is 4.37. The molecule has 0 saturated heterocycles. The van der Waals surface area contributed by atoms with E-state index in [0.29, 0.717) is 12.1 Å². The highest BCUT2D eigenvalue weighted by Gasteiger charge is 2.00. The Morgan fingerprint density at radius 3 is 2.57 bits per heavy atom. The Kier molecular flexibility index (Phi) is 5.42. The molecule has 3 nitrogen and oxygen atoms in total. The van der Waals surface area contributed by atoms with Gasteiger partial charge in [-0.2, -0.15) is 5.26 Å². The molecule has 2 rings (SSSR count). The number of halogens is 1. The lowest BCUT2D eigenvalue weighted by Crippen LogP contribution is -2.03. The summed E-state index contributed by atoms with van der Waals surface area (Å²) in [5, 5.41) is 12.5. The zero-order valence-corrected chi connectivity index (χ0v) is 13.2. The smallest absolute Gasteiger partial charge is 0.119 e. The van der Waals surface area contributed by atoms with Gasteiger partial charge in [-0.15, -0.1) is 0 Å². The summed E-state index contributed by atoms with van der Waals surface area (Å²) >= 11 is 3.48. The van der Waals surface area contributed by atoms with Crippen LogP contribution >= 0.6 is 15.9 Å². The topological polar surface area (TPSA) is 45.0 Å². The van der Waals surface area contributed by atoms with Crippen molar-refractivity contribution in [2.75, 3.05) is 19.0 Å².